The number of nitrogens with one attached hydrogen (secondary N) is 1. The smallest absolute Gasteiger partial charge is 0.341 e. The number of nitrogens with zero attached hydrogens (tertiary/aromatic N) is 2. The lowest BCUT2D eigenvalue weighted by molar-refractivity contribution is 0.0513. The highest BCUT2D eigenvalue weighted by Gasteiger charge is 2.36. The van der Waals surface area contributed by atoms with E-state index in [2.05, 4.69) is 10.4 Å². The maximum atomic E-state index is 13.6. The van der Waals surface area contributed by atoms with Gasteiger partial charge >= 0.3 is 5.97 Å². The highest BCUT2D eigenvalue weighted by molar-refractivity contribution is 6.30. The molecule has 1 aromatic carbocycles. The van der Waals surface area contributed by atoms with Crippen LogP contribution in [0.1, 0.15) is 60.6 Å². The Morgan fingerprint density at radius 2 is 2.00 bits per heavy atom. The first kappa shape index (κ1) is 19.8. The Morgan fingerprint density at radius 3 is 2.59 bits per heavy atom. The SMILES string of the molecule is CCOC(=O)c1cnn(CNC2(c3ccc(Cl)cc3)CCCC2)c1C(F)F. The van der Waals surface area contributed by atoms with Crippen molar-refractivity contribution in [3.63, 3.8) is 0 Å². The Hall–Kier alpha value is -1.99. The van der Waals surface area contributed by atoms with Gasteiger partial charge in [0.2, 0.25) is 0 Å². The second-order valence-electron chi connectivity index (χ2n) is 6.60. The fourth-order valence-electron chi connectivity index (χ4n) is 3.66. The van der Waals surface area contributed by atoms with Crippen molar-refractivity contribution in [2.24, 2.45) is 0 Å². The summed E-state index contributed by atoms with van der Waals surface area (Å²) < 4.78 is 33.1. The van der Waals surface area contributed by atoms with Gasteiger partial charge in [0.05, 0.1) is 19.5 Å². The molecule has 1 fully saturated rings. The number of benzene rings is 1. The van der Waals surface area contributed by atoms with Crippen LogP contribution in [-0.4, -0.2) is 22.4 Å². The van der Waals surface area contributed by atoms with Crippen LogP contribution in [0.5, 0.6) is 0 Å². The zero-order valence-corrected chi connectivity index (χ0v) is 15.8. The van der Waals surface area contributed by atoms with Gasteiger partial charge in [-0.25, -0.2) is 18.3 Å². The van der Waals surface area contributed by atoms with E-state index in [9.17, 15) is 13.6 Å². The predicted octanol–water partition coefficient (Wildman–Crippen LogP) is 4.67. The number of hydrogen-bond acceptors (Lipinski definition) is 4. The monoisotopic (exact) mass is 397 g/mol. The number of halogens is 3. The molecule has 0 aliphatic heterocycles. The normalized spacial score (nSPS) is 16.0. The van der Waals surface area contributed by atoms with Gasteiger partial charge in [0.1, 0.15) is 11.3 Å². The summed E-state index contributed by atoms with van der Waals surface area (Å²) in [5.41, 5.74) is 0.131. The summed E-state index contributed by atoms with van der Waals surface area (Å²) in [7, 11) is 0. The third kappa shape index (κ3) is 4.14. The number of aromatic nitrogens is 2. The average Bonchev–Trinajstić information content (AvgIpc) is 3.28. The van der Waals surface area contributed by atoms with Crippen molar-refractivity contribution in [3.05, 3.63) is 52.3 Å². The van der Waals surface area contributed by atoms with E-state index < -0.39 is 18.1 Å². The molecular formula is C19H22ClF2N3O2. The Labute approximate surface area is 161 Å². The predicted molar refractivity (Wildman–Crippen MR) is 97.9 cm³/mol. The van der Waals surface area contributed by atoms with Crippen LogP contribution < -0.4 is 5.32 Å². The molecule has 1 aromatic heterocycles. The van der Waals surface area contributed by atoms with E-state index in [0.717, 1.165) is 42.1 Å². The lowest BCUT2D eigenvalue weighted by atomic mass is 9.88. The lowest BCUT2D eigenvalue weighted by Gasteiger charge is -2.31. The van der Waals surface area contributed by atoms with Crippen molar-refractivity contribution in [1.82, 2.24) is 15.1 Å². The van der Waals surface area contributed by atoms with E-state index in [-0.39, 0.29) is 24.4 Å². The summed E-state index contributed by atoms with van der Waals surface area (Å²) in [4.78, 5) is 11.9. The zero-order valence-electron chi connectivity index (χ0n) is 15.1. The number of rotatable bonds is 7. The van der Waals surface area contributed by atoms with Crippen molar-refractivity contribution in [3.8, 4) is 0 Å². The molecule has 0 bridgehead atoms. The van der Waals surface area contributed by atoms with Crippen LogP contribution in [0, 0.1) is 0 Å². The van der Waals surface area contributed by atoms with Crippen LogP contribution in [0.3, 0.4) is 0 Å². The molecule has 0 spiro atoms. The fraction of sp³-hybridized carbons (Fsp3) is 0.474. The highest BCUT2D eigenvalue weighted by atomic mass is 35.5. The van der Waals surface area contributed by atoms with Gasteiger partial charge in [-0.2, -0.15) is 5.10 Å². The van der Waals surface area contributed by atoms with Gasteiger partial charge in [-0.1, -0.05) is 36.6 Å². The van der Waals surface area contributed by atoms with Gasteiger partial charge in [-0.15, -0.1) is 0 Å². The minimum atomic E-state index is -2.83. The van der Waals surface area contributed by atoms with E-state index >= 15 is 0 Å². The molecule has 0 atom stereocenters. The first-order valence-corrected chi connectivity index (χ1v) is 9.36. The molecule has 0 radical (unpaired) electrons. The average molecular weight is 398 g/mol. The van der Waals surface area contributed by atoms with Crippen LogP contribution in [0.25, 0.3) is 0 Å². The topological polar surface area (TPSA) is 56.1 Å². The molecule has 27 heavy (non-hydrogen) atoms. The maximum absolute atomic E-state index is 13.6. The van der Waals surface area contributed by atoms with Crippen molar-refractivity contribution in [2.45, 2.75) is 51.2 Å². The number of carbonyl (C=O) groups is 1. The molecule has 0 saturated heterocycles. The summed E-state index contributed by atoms with van der Waals surface area (Å²) >= 11 is 5.99. The Morgan fingerprint density at radius 1 is 1.33 bits per heavy atom. The molecule has 2 aromatic rings. The van der Waals surface area contributed by atoms with Gasteiger partial charge in [-0.3, -0.25) is 5.32 Å². The molecule has 1 saturated carbocycles. The lowest BCUT2D eigenvalue weighted by Crippen LogP contribution is -2.41. The van der Waals surface area contributed by atoms with Crippen molar-refractivity contribution >= 4 is 17.6 Å². The van der Waals surface area contributed by atoms with Gasteiger partial charge in [0, 0.05) is 10.6 Å². The van der Waals surface area contributed by atoms with Crippen LogP contribution >= 0.6 is 11.6 Å². The minimum Gasteiger partial charge on any atom is -0.462 e. The standard InChI is InChI=1S/C19H22ClF2N3O2/c1-2-27-18(26)15-11-24-25(16(15)17(21)22)12-23-19(9-3-4-10-19)13-5-7-14(20)8-6-13/h5-8,11,17,23H,2-4,9-10,12H2,1H3. The molecule has 8 heteroatoms. The Balaban J connectivity index is 1.84. The maximum Gasteiger partial charge on any atom is 0.341 e. The van der Waals surface area contributed by atoms with Crippen LogP contribution in [0.4, 0.5) is 8.78 Å². The Kier molecular flexibility index (Phi) is 6.11. The van der Waals surface area contributed by atoms with E-state index in [1.165, 1.54) is 0 Å². The number of alkyl halides is 2. The fourth-order valence-corrected chi connectivity index (χ4v) is 3.78. The van der Waals surface area contributed by atoms with Crippen molar-refractivity contribution < 1.29 is 18.3 Å². The third-order valence-electron chi connectivity index (χ3n) is 5.00. The molecule has 1 aliphatic carbocycles. The molecular weight excluding hydrogens is 376 g/mol. The summed E-state index contributed by atoms with van der Waals surface area (Å²) in [6, 6.07) is 7.58. The molecule has 1 heterocycles. The molecule has 5 nitrogen and oxygen atoms in total. The largest absolute Gasteiger partial charge is 0.462 e. The summed E-state index contributed by atoms with van der Waals surface area (Å²) in [5.74, 6) is -0.785. The molecule has 0 amide bonds. The molecule has 1 N–H and O–H groups in total. The zero-order chi connectivity index (χ0) is 19.4. The van der Waals surface area contributed by atoms with E-state index in [1.54, 1.807) is 6.92 Å². The Bertz CT molecular complexity index is 787. The number of carbonyl (C=O) groups excluding carboxylic acids is 1. The summed E-state index contributed by atoms with van der Waals surface area (Å²) in [5, 5.41) is 8.04. The number of hydrogen-bond donors (Lipinski definition) is 1. The first-order valence-electron chi connectivity index (χ1n) is 8.99. The van der Waals surface area contributed by atoms with E-state index in [4.69, 9.17) is 16.3 Å². The number of esters is 1. The minimum absolute atomic E-state index is 0.0711. The summed E-state index contributed by atoms with van der Waals surface area (Å²) in [6.45, 7) is 1.81. The van der Waals surface area contributed by atoms with Gasteiger partial charge in [0.25, 0.3) is 6.43 Å². The van der Waals surface area contributed by atoms with E-state index in [1.807, 2.05) is 24.3 Å². The summed E-state index contributed by atoms with van der Waals surface area (Å²) in [6.07, 6.45) is 2.19. The molecule has 1 aliphatic rings. The second kappa shape index (κ2) is 8.35. The molecule has 0 unspecified atom stereocenters. The molecule has 146 valence electrons. The van der Waals surface area contributed by atoms with Crippen LogP contribution in [0.15, 0.2) is 30.5 Å². The van der Waals surface area contributed by atoms with Gasteiger partial charge in [0.15, 0.2) is 0 Å². The van der Waals surface area contributed by atoms with Crippen LogP contribution in [0.2, 0.25) is 5.02 Å². The molecule has 3 rings (SSSR count). The van der Waals surface area contributed by atoms with Crippen LogP contribution in [-0.2, 0) is 16.9 Å². The number of ether oxygens (including phenoxy) is 1. The van der Waals surface area contributed by atoms with Gasteiger partial charge in [-0.05, 0) is 37.5 Å². The first-order chi connectivity index (χ1) is 13.0. The highest BCUT2D eigenvalue weighted by Crippen LogP contribution is 2.39. The van der Waals surface area contributed by atoms with Crippen molar-refractivity contribution in [1.29, 1.82) is 0 Å². The third-order valence-corrected chi connectivity index (χ3v) is 5.26. The van der Waals surface area contributed by atoms with Gasteiger partial charge < -0.3 is 4.74 Å². The van der Waals surface area contributed by atoms with Crippen molar-refractivity contribution in [2.75, 3.05) is 6.61 Å². The quantitative estimate of drug-likeness (QED) is 0.690. The second-order valence-corrected chi connectivity index (χ2v) is 7.03. The van der Waals surface area contributed by atoms with E-state index in [0.29, 0.717) is 5.02 Å².